The van der Waals surface area contributed by atoms with Crippen molar-refractivity contribution in [2.24, 2.45) is 0 Å². The van der Waals surface area contributed by atoms with E-state index in [2.05, 4.69) is 78.3 Å². The molecule has 6 rings (SSSR count). The van der Waals surface area contributed by atoms with Gasteiger partial charge in [-0.05, 0) is 35.9 Å². The van der Waals surface area contributed by atoms with Crippen LogP contribution in [0.15, 0.2) is 85.1 Å². The molecular weight excluding hydrogens is 354 g/mol. The number of pyridine rings is 1. The van der Waals surface area contributed by atoms with Gasteiger partial charge in [0, 0.05) is 39.3 Å². The Bertz CT molecular complexity index is 1390. The third-order valence-corrected chi connectivity index (χ3v) is 6.20. The van der Waals surface area contributed by atoms with Crippen LogP contribution in [0.2, 0.25) is 0 Å². The summed E-state index contributed by atoms with van der Waals surface area (Å²) in [5.41, 5.74) is 7.15. The lowest BCUT2D eigenvalue weighted by molar-refractivity contribution is 0.624. The summed E-state index contributed by atoms with van der Waals surface area (Å²) in [6.45, 7) is 4.59. The first kappa shape index (κ1) is 16.4. The van der Waals surface area contributed by atoms with Crippen LogP contribution in [0.5, 0.6) is 0 Å². The maximum absolute atomic E-state index is 4.82. The van der Waals surface area contributed by atoms with Crippen LogP contribution in [0.25, 0.3) is 27.6 Å². The second-order valence-electron chi connectivity index (χ2n) is 8.26. The van der Waals surface area contributed by atoms with E-state index >= 15 is 0 Å². The van der Waals surface area contributed by atoms with Gasteiger partial charge in [-0.1, -0.05) is 62.4 Å². The van der Waals surface area contributed by atoms with Crippen LogP contribution in [-0.4, -0.2) is 9.55 Å². The van der Waals surface area contributed by atoms with E-state index in [1.54, 1.807) is 0 Å². The summed E-state index contributed by atoms with van der Waals surface area (Å²) in [7, 11) is 0. The molecule has 1 N–H and O–H groups in total. The van der Waals surface area contributed by atoms with Crippen LogP contribution in [-0.2, 0) is 5.41 Å². The quantitative estimate of drug-likeness (QED) is 0.378. The molecule has 0 saturated heterocycles. The summed E-state index contributed by atoms with van der Waals surface area (Å²) in [4.78, 5) is 4.82. The van der Waals surface area contributed by atoms with Crippen molar-refractivity contribution in [3.05, 3.63) is 96.2 Å². The Morgan fingerprint density at radius 3 is 2.45 bits per heavy atom. The molecule has 0 aliphatic carbocycles. The highest BCUT2D eigenvalue weighted by molar-refractivity contribution is 6.12. The Morgan fingerprint density at radius 2 is 1.59 bits per heavy atom. The van der Waals surface area contributed by atoms with Crippen molar-refractivity contribution in [2.75, 3.05) is 5.32 Å². The minimum Gasteiger partial charge on any atom is -0.355 e. The molecule has 3 aromatic carbocycles. The Labute approximate surface area is 169 Å². The molecule has 0 fully saturated rings. The summed E-state index contributed by atoms with van der Waals surface area (Å²) >= 11 is 0. The molecule has 0 spiro atoms. The van der Waals surface area contributed by atoms with Crippen molar-refractivity contribution in [3.63, 3.8) is 0 Å². The van der Waals surface area contributed by atoms with E-state index in [1.807, 2.05) is 30.5 Å². The Balaban J connectivity index is 1.69. The van der Waals surface area contributed by atoms with Crippen LogP contribution in [0.3, 0.4) is 0 Å². The molecular formula is C26H21N3. The molecule has 0 atom stereocenters. The van der Waals surface area contributed by atoms with E-state index in [-0.39, 0.29) is 5.41 Å². The molecule has 0 bridgehead atoms. The van der Waals surface area contributed by atoms with Crippen molar-refractivity contribution < 1.29 is 0 Å². The van der Waals surface area contributed by atoms with Gasteiger partial charge in [0.2, 0.25) is 0 Å². The molecule has 0 radical (unpaired) electrons. The van der Waals surface area contributed by atoms with Crippen molar-refractivity contribution in [3.8, 4) is 5.82 Å². The highest BCUT2D eigenvalue weighted by Crippen LogP contribution is 2.46. The Kier molecular flexibility index (Phi) is 3.22. The third kappa shape index (κ3) is 2.21. The minimum absolute atomic E-state index is 0.0847. The summed E-state index contributed by atoms with van der Waals surface area (Å²) in [5.74, 6) is 1.04. The SMILES string of the molecule is CC1(C)c2cccnc2-n2c3cc(Nc4ccccc4)ccc3c3cccc1c32. The average molecular weight is 375 g/mol. The van der Waals surface area contributed by atoms with Gasteiger partial charge >= 0.3 is 0 Å². The summed E-state index contributed by atoms with van der Waals surface area (Å²) in [6, 6.07) is 27.8. The fourth-order valence-electron chi connectivity index (χ4n) is 4.76. The van der Waals surface area contributed by atoms with Gasteiger partial charge in [0.25, 0.3) is 0 Å². The van der Waals surface area contributed by atoms with Gasteiger partial charge in [-0.3, -0.25) is 4.57 Å². The molecule has 2 aromatic heterocycles. The molecule has 3 heterocycles. The molecule has 0 amide bonds. The van der Waals surface area contributed by atoms with Crippen LogP contribution in [0, 0.1) is 0 Å². The fourth-order valence-corrected chi connectivity index (χ4v) is 4.76. The Morgan fingerprint density at radius 1 is 0.759 bits per heavy atom. The van der Waals surface area contributed by atoms with Gasteiger partial charge < -0.3 is 5.32 Å². The third-order valence-electron chi connectivity index (χ3n) is 6.20. The number of rotatable bonds is 2. The van der Waals surface area contributed by atoms with Crippen LogP contribution in [0.1, 0.15) is 25.0 Å². The highest BCUT2D eigenvalue weighted by Gasteiger charge is 2.35. The van der Waals surface area contributed by atoms with Crippen LogP contribution >= 0.6 is 0 Å². The van der Waals surface area contributed by atoms with Gasteiger partial charge in [-0.2, -0.15) is 0 Å². The van der Waals surface area contributed by atoms with E-state index in [1.165, 1.54) is 32.9 Å². The van der Waals surface area contributed by atoms with E-state index < -0.39 is 0 Å². The number of nitrogens with one attached hydrogen (secondary N) is 1. The zero-order chi connectivity index (χ0) is 19.6. The molecule has 3 nitrogen and oxygen atoms in total. The average Bonchev–Trinajstić information content (AvgIpc) is 3.07. The fraction of sp³-hybridized carbons (Fsp3) is 0.115. The van der Waals surface area contributed by atoms with Crippen molar-refractivity contribution >= 4 is 33.2 Å². The highest BCUT2D eigenvalue weighted by atomic mass is 15.1. The van der Waals surface area contributed by atoms with Crippen LogP contribution in [0.4, 0.5) is 11.4 Å². The predicted molar refractivity (Wildman–Crippen MR) is 120 cm³/mol. The molecule has 1 aliphatic rings. The second kappa shape index (κ2) is 5.71. The minimum atomic E-state index is -0.0847. The van der Waals surface area contributed by atoms with Crippen molar-refractivity contribution in [1.82, 2.24) is 9.55 Å². The lowest BCUT2D eigenvalue weighted by atomic mass is 9.76. The van der Waals surface area contributed by atoms with Gasteiger partial charge in [0.1, 0.15) is 5.82 Å². The standard InChI is InChI=1S/C26H21N3/c1-26(2)21-11-6-10-20-19-14-13-18(28-17-8-4-3-5-9-17)16-23(19)29(24(20)21)25-22(26)12-7-15-27-25/h3-16,28H,1-2H3. The number of fused-ring (bicyclic) bond motifs is 5. The van der Waals surface area contributed by atoms with E-state index in [4.69, 9.17) is 4.98 Å². The van der Waals surface area contributed by atoms with Gasteiger partial charge in [-0.25, -0.2) is 4.98 Å². The zero-order valence-electron chi connectivity index (χ0n) is 16.5. The van der Waals surface area contributed by atoms with Gasteiger partial charge in [-0.15, -0.1) is 0 Å². The van der Waals surface area contributed by atoms with E-state index in [0.717, 1.165) is 17.2 Å². The molecule has 5 aromatic rings. The first-order valence-corrected chi connectivity index (χ1v) is 10.0. The maximum Gasteiger partial charge on any atom is 0.141 e. The van der Waals surface area contributed by atoms with Crippen LogP contribution < -0.4 is 5.32 Å². The predicted octanol–water partition coefficient (Wildman–Crippen LogP) is 6.56. The first-order chi connectivity index (χ1) is 14.1. The van der Waals surface area contributed by atoms with Crippen molar-refractivity contribution in [1.29, 1.82) is 0 Å². The first-order valence-electron chi connectivity index (χ1n) is 10.0. The molecule has 1 aliphatic heterocycles. The topological polar surface area (TPSA) is 29.9 Å². The molecule has 140 valence electrons. The zero-order valence-corrected chi connectivity index (χ0v) is 16.5. The lowest BCUT2D eigenvalue weighted by Crippen LogP contribution is -2.26. The molecule has 3 heteroatoms. The van der Waals surface area contributed by atoms with Gasteiger partial charge in [0.05, 0.1) is 11.0 Å². The number of aromatic nitrogens is 2. The number of nitrogens with zero attached hydrogens (tertiary/aromatic N) is 2. The number of hydrogen-bond acceptors (Lipinski definition) is 2. The van der Waals surface area contributed by atoms with Gasteiger partial charge in [0.15, 0.2) is 0 Å². The number of anilines is 2. The second-order valence-corrected chi connectivity index (χ2v) is 8.26. The monoisotopic (exact) mass is 375 g/mol. The number of para-hydroxylation sites is 2. The lowest BCUT2D eigenvalue weighted by Gasteiger charge is -2.33. The largest absolute Gasteiger partial charge is 0.355 e. The normalized spacial score (nSPS) is 14.1. The van der Waals surface area contributed by atoms with Crippen molar-refractivity contribution in [2.45, 2.75) is 19.3 Å². The molecule has 29 heavy (non-hydrogen) atoms. The smallest absolute Gasteiger partial charge is 0.141 e. The van der Waals surface area contributed by atoms with E-state index in [0.29, 0.717) is 0 Å². The summed E-state index contributed by atoms with van der Waals surface area (Å²) < 4.78 is 2.34. The summed E-state index contributed by atoms with van der Waals surface area (Å²) in [5, 5.41) is 6.08. The molecule has 0 saturated carbocycles. The number of hydrogen-bond donors (Lipinski definition) is 1. The maximum atomic E-state index is 4.82. The number of benzene rings is 3. The summed E-state index contributed by atoms with van der Waals surface area (Å²) in [6.07, 6.45) is 1.90. The molecule has 0 unspecified atom stereocenters. The van der Waals surface area contributed by atoms with E-state index in [9.17, 15) is 0 Å². The Hall–Kier alpha value is -3.59.